The first kappa shape index (κ1) is 24.1. The van der Waals surface area contributed by atoms with Crippen LogP contribution in [0.5, 0.6) is 5.75 Å². The maximum atomic E-state index is 12.6. The van der Waals surface area contributed by atoms with E-state index in [2.05, 4.69) is 9.97 Å². The molecule has 0 atom stereocenters. The molecule has 35 heavy (non-hydrogen) atoms. The number of ketones is 1. The molecule has 0 radical (unpaired) electrons. The van der Waals surface area contributed by atoms with E-state index >= 15 is 0 Å². The van der Waals surface area contributed by atoms with E-state index in [1.165, 1.54) is 6.92 Å². The van der Waals surface area contributed by atoms with Gasteiger partial charge in [-0.15, -0.1) is 0 Å². The van der Waals surface area contributed by atoms with Crippen LogP contribution in [0.1, 0.15) is 49.4 Å². The van der Waals surface area contributed by atoms with Crippen molar-refractivity contribution in [1.82, 2.24) is 14.5 Å². The first-order chi connectivity index (χ1) is 16.6. The van der Waals surface area contributed by atoms with E-state index in [9.17, 15) is 9.59 Å². The normalized spacial score (nSPS) is 11.5. The molecule has 0 aliphatic heterocycles. The van der Waals surface area contributed by atoms with E-state index in [-0.39, 0.29) is 18.3 Å². The molecule has 0 unspecified atom stereocenters. The van der Waals surface area contributed by atoms with Crippen molar-refractivity contribution in [1.29, 1.82) is 0 Å². The fourth-order valence-electron chi connectivity index (χ4n) is 3.85. The van der Waals surface area contributed by atoms with Crippen LogP contribution in [0.2, 0.25) is 0 Å². The molecule has 180 valence electrons. The average Bonchev–Trinajstić information content (AvgIpc) is 3.14. The fraction of sp³-hybridized carbons (Fsp3) is 0.286. The largest absolute Gasteiger partial charge is 0.488 e. The van der Waals surface area contributed by atoms with Crippen LogP contribution < -0.4 is 4.74 Å². The van der Waals surface area contributed by atoms with Crippen molar-refractivity contribution < 1.29 is 19.1 Å². The Balaban J connectivity index is 1.83. The summed E-state index contributed by atoms with van der Waals surface area (Å²) in [6, 6.07) is 13.6. The van der Waals surface area contributed by atoms with Gasteiger partial charge in [0.15, 0.2) is 5.78 Å². The van der Waals surface area contributed by atoms with Crippen molar-refractivity contribution in [2.24, 2.45) is 0 Å². The van der Waals surface area contributed by atoms with Gasteiger partial charge in [-0.2, -0.15) is 0 Å². The Labute approximate surface area is 204 Å². The molecule has 2 aromatic heterocycles. The Bertz CT molecular complexity index is 1370. The highest BCUT2D eigenvalue weighted by Crippen LogP contribution is 2.36. The number of hydrogen-bond acceptors (Lipinski definition) is 6. The minimum Gasteiger partial charge on any atom is -0.488 e. The van der Waals surface area contributed by atoms with Crippen LogP contribution in [0.25, 0.3) is 22.0 Å². The van der Waals surface area contributed by atoms with Gasteiger partial charge in [0.2, 0.25) is 0 Å². The molecule has 4 rings (SSSR count). The zero-order valence-electron chi connectivity index (χ0n) is 20.7. The summed E-state index contributed by atoms with van der Waals surface area (Å²) in [5.41, 5.74) is 3.19. The Kier molecular flexibility index (Phi) is 6.69. The van der Waals surface area contributed by atoms with E-state index in [0.717, 1.165) is 22.1 Å². The molecule has 0 saturated carbocycles. The van der Waals surface area contributed by atoms with Crippen LogP contribution in [-0.4, -0.2) is 31.9 Å². The van der Waals surface area contributed by atoms with Crippen LogP contribution in [0.15, 0.2) is 61.1 Å². The lowest BCUT2D eigenvalue weighted by atomic mass is 10.0. The van der Waals surface area contributed by atoms with E-state index in [4.69, 9.17) is 9.47 Å². The molecule has 2 aromatic carbocycles. The molecule has 2 heterocycles. The van der Waals surface area contributed by atoms with Crippen LogP contribution in [0.3, 0.4) is 0 Å². The molecule has 0 saturated heterocycles. The summed E-state index contributed by atoms with van der Waals surface area (Å²) in [6.45, 7) is 9.15. The summed E-state index contributed by atoms with van der Waals surface area (Å²) in [4.78, 5) is 33.7. The lowest BCUT2D eigenvalue weighted by molar-refractivity contribution is -0.155. The van der Waals surface area contributed by atoms with E-state index in [1.807, 2.05) is 70.2 Å². The van der Waals surface area contributed by atoms with Crippen molar-refractivity contribution >= 4 is 22.7 Å². The van der Waals surface area contributed by atoms with Crippen LogP contribution >= 0.6 is 0 Å². The van der Waals surface area contributed by atoms with Crippen molar-refractivity contribution in [3.8, 4) is 16.9 Å². The van der Waals surface area contributed by atoms with Crippen molar-refractivity contribution in [3.63, 3.8) is 0 Å². The van der Waals surface area contributed by atoms with Gasteiger partial charge in [-0.05, 0) is 46.2 Å². The standard InChI is InChI=1S/C28H29N3O4/c1-18(32)24-15-31(16-27(33)35-28(3,4)5)25-12-26(34-17-20-9-7-6-8-10-20)22(11-23(24)25)21-13-29-19(2)30-14-21/h6-15H,16-17H2,1-5H3. The lowest BCUT2D eigenvalue weighted by Crippen LogP contribution is -2.26. The number of ether oxygens (including phenoxy) is 2. The van der Waals surface area contributed by atoms with Gasteiger partial charge < -0.3 is 14.0 Å². The quantitative estimate of drug-likeness (QED) is 0.260. The number of aryl methyl sites for hydroxylation is 1. The summed E-state index contributed by atoms with van der Waals surface area (Å²) < 4.78 is 13.5. The molecule has 0 fully saturated rings. The molecular weight excluding hydrogens is 442 g/mol. The number of esters is 1. The minimum atomic E-state index is -0.605. The third-order valence-electron chi connectivity index (χ3n) is 5.41. The Morgan fingerprint density at radius 2 is 1.71 bits per heavy atom. The van der Waals surface area contributed by atoms with Crippen LogP contribution in [0.4, 0.5) is 0 Å². The van der Waals surface area contributed by atoms with Crippen LogP contribution in [-0.2, 0) is 22.7 Å². The Morgan fingerprint density at radius 1 is 1.03 bits per heavy atom. The number of aromatic nitrogens is 3. The molecule has 0 aliphatic carbocycles. The minimum absolute atomic E-state index is 0.0217. The number of Topliss-reactive ketones (excluding diaryl/α,β-unsaturated/α-hetero) is 1. The first-order valence-electron chi connectivity index (χ1n) is 11.5. The topological polar surface area (TPSA) is 83.3 Å². The third kappa shape index (κ3) is 5.74. The number of benzene rings is 2. The second-order valence-electron chi connectivity index (χ2n) is 9.47. The summed E-state index contributed by atoms with van der Waals surface area (Å²) in [5.74, 6) is 0.788. The van der Waals surface area contributed by atoms with Gasteiger partial charge >= 0.3 is 5.97 Å². The van der Waals surface area contributed by atoms with Crippen molar-refractivity contribution in [3.05, 3.63) is 78.0 Å². The molecule has 0 aliphatic rings. The predicted octanol–water partition coefficient (Wildman–Crippen LogP) is 5.53. The fourth-order valence-corrected chi connectivity index (χ4v) is 3.85. The smallest absolute Gasteiger partial charge is 0.326 e. The first-order valence-corrected chi connectivity index (χ1v) is 11.5. The predicted molar refractivity (Wildman–Crippen MR) is 134 cm³/mol. The third-order valence-corrected chi connectivity index (χ3v) is 5.41. The summed E-state index contributed by atoms with van der Waals surface area (Å²) in [5, 5.41) is 0.726. The van der Waals surface area contributed by atoms with Gasteiger partial charge in [-0.3, -0.25) is 9.59 Å². The summed E-state index contributed by atoms with van der Waals surface area (Å²) >= 11 is 0. The summed E-state index contributed by atoms with van der Waals surface area (Å²) in [7, 11) is 0. The second-order valence-corrected chi connectivity index (χ2v) is 9.47. The molecule has 7 nitrogen and oxygen atoms in total. The van der Waals surface area contributed by atoms with Crippen LogP contribution in [0, 0.1) is 6.92 Å². The van der Waals surface area contributed by atoms with Gasteiger partial charge in [0.25, 0.3) is 0 Å². The van der Waals surface area contributed by atoms with E-state index in [1.54, 1.807) is 23.2 Å². The number of nitrogens with zero attached hydrogens (tertiary/aromatic N) is 3. The molecule has 0 N–H and O–H groups in total. The maximum absolute atomic E-state index is 12.6. The highest BCUT2D eigenvalue weighted by Gasteiger charge is 2.21. The number of carbonyl (C=O) groups is 2. The zero-order valence-corrected chi connectivity index (χ0v) is 20.7. The van der Waals surface area contributed by atoms with Gasteiger partial charge in [-0.25, -0.2) is 9.97 Å². The van der Waals surface area contributed by atoms with Crippen molar-refractivity contribution in [2.75, 3.05) is 0 Å². The highest BCUT2D eigenvalue weighted by molar-refractivity contribution is 6.08. The van der Waals surface area contributed by atoms with E-state index in [0.29, 0.717) is 29.3 Å². The van der Waals surface area contributed by atoms with Gasteiger partial charge in [0, 0.05) is 46.7 Å². The maximum Gasteiger partial charge on any atom is 0.326 e. The number of rotatable bonds is 7. The molecule has 4 aromatic rings. The lowest BCUT2D eigenvalue weighted by Gasteiger charge is -2.20. The zero-order chi connectivity index (χ0) is 25.2. The molecule has 0 spiro atoms. The van der Waals surface area contributed by atoms with E-state index < -0.39 is 5.60 Å². The van der Waals surface area contributed by atoms with Crippen molar-refractivity contribution in [2.45, 2.75) is 53.4 Å². The molecule has 0 amide bonds. The number of fused-ring (bicyclic) bond motifs is 1. The monoisotopic (exact) mass is 471 g/mol. The number of carbonyl (C=O) groups excluding carboxylic acids is 2. The molecule has 7 heteroatoms. The SMILES string of the molecule is CC(=O)c1cn(CC(=O)OC(C)(C)C)c2cc(OCc3ccccc3)c(-c3cnc(C)nc3)cc12. The number of hydrogen-bond donors (Lipinski definition) is 0. The van der Waals surface area contributed by atoms with Gasteiger partial charge in [0.05, 0.1) is 5.52 Å². The second kappa shape index (κ2) is 9.70. The van der Waals surface area contributed by atoms with Gasteiger partial charge in [-0.1, -0.05) is 30.3 Å². The average molecular weight is 472 g/mol. The molecular formula is C28H29N3O4. The Hall–Kier alpha value is -4.00. The summed E-state index contributed by atoms with van der Waals surface area (Å²) in [6.07, 6.45) is 5.18. The van der Waals surface area contributed by atoms with Gasteiger partial charge in [0.1, 0.15) is 30.3 Å². The highest BCUT2D eigenvalue weighted by atomic mass is 16.6. The molecule has 0 bridgehead atoms. The Morgan fingerprint density at radius 3 is 2.34 bits per heavy atom.